The van der Waals surface area contributed by atoms with Crippen molar-refractivity contribution in [2.24, 2.45) is 0 Å². The van der Waals surface area contributed by atoms with Gasteiger partial charge in [-0.15, -0.1) is 0 Å². The molecule has 1 N–H and O–H groups in total. The van der Waals surface area contributed by atoms with Gasteiger partial charge in [0, 0.05) is 12.2 Å². The van der Waals surface area contributed by atoms with E-state index in [1.807, 2.05) is 18.2 Å². The van der Waals surface area contributed by atoms with Crippen LogP contribution in [0.15, 0.2) is 24.3 Å². The van der Waals surface area contributed by atoms with Crippen LogP contribution in [0.2, 0.25) is 0 Å². The van der Waals surface area contributed by atoms with E-state index in [1.54, 1.807) is 6.07 Å². The zero-order valence-electron chi connectivity index (χ0n) is 9.23. The van der Waals surface area contributed by atoms with Crippen LogP contribution in [0.3, 0.4) is 0 Å². The van der Waals surface area contributed by atoms with E-state index in [1.165, 1.54) is 0 Å². The quantitative estimate of drug-likeness (QED) is 0.795. The van der Waals surface area contributed by atoms with Crippen LogP contribution in [0.1, 0.15) is 31.6 Å². The molecule has 0 aliphatic carbocycles. The van der Waals surface area contributed by atoms with Crippen LogP contribution >= 0.6 is 0 Å². The molecule has 4 heteroatoms. The van der Waals surface area contributed by atoms with Crippen molar-refractivity contribution in [1.29, 1.82) is 0 Å². The third-order valence-corrected chi connectivity index (χ3v) is 2.44. The Balaban J connectivity index is 2.10. The molecule has 0 saturated heterocycles. The number of fused-ring (bicyclic) bond motifs is 1. The number of ether oxygens (including phenoxy) is 2. The smallest absolute Gasteiger partial charge is 0.410 e. The van der Waals surface area contributed by atoms with Crippen molar-refractivity contribution < 1.29 is 14.3 Å². The summed E-state index contributed by atoms with van der Waals surface area (Å²) in [4.78, 5) is 11.3. The van der Waals surface area contributed by atoms with Crippen LogP contribution in [-0.4, -0.2) is 12.7 Å². The summed E-state index contributed by atoms with van der Waals surface area (Å²) in [5.41, 5.74) is 0.873. The normalized spacial score (nSPS) is 18.6. The van der Waals surface area contributed by atoms with Crippen molar-refractivity contribution in [3.63, 3.8) is 0 Å². The summed E-state index contributed by atoms with van der Waals surface area (Å²) in [6, 6.07) is 7.39. The van der Waals surface area contributed by atoms with Crippen LogP contribution < -0.4 is 10.1 Å². The van der Waals surface area contributed by atoms with Gasteiger partial charge in [0.05, 0.1) is 0 Å². The molecule has 1 amide bonds. The van der Waals surface area contributed by atoms with Gasteiger partial charge >= 0.3 is 6.09 Å². The monoisotopic (exact) mass is 221 g/mol. The highest BCUT2D eigenvalue weighted by Gasteiger charge is 2.25. The molecule has 0 saturated carbocycles. The van der Waals surface area contributed by atoms with Crippen LogP contribution in [0.4, 0.5) is 4.79 Å². The average molecular weight is 221 g/mol. The molecule has 1 aliphatic heterocycles. The fourth-order valence-corrected chi connectivity index (χ4v) is 1.58. The zero-order valence-corrected chi connectivity index (χ0v) is 9.23. The molecule has 86 valence electrons. The topological polar surface area (TPSA) is 47.6 Å². The van der Waals surface area contributed by atoms with Gasteiger partial charge in [0.15, 0.2) is 6.23 Å². The van der Waals surface area contributed by atoms with Gasteiger partial charge in [-0.1, -0.05) is 31.5 Å². The first-order chi connectivity index (χ1) is 7.81. The van der Waals surface area contributed by atoms with Crippen molar-refractivity contribution in [2.75, 3.05) is 6.61 Å². The molecule has 0 spiro atoms. The second kappa shape index (κ2) is 4.99. The number of hydrogen-bond donors (Lipinski definition) is 1. The van der Waals surface area contributed by atoms with Gasteiger partial charge < -0.3 is 9.47 Å². The molecular formula is C12H15NO3. The van der Waals surface area contributed by atoms with Crippen LogP contribution in [0, 0.1) is 0 Å². The van der Waals surface area contributed by atoms with Gasteiger partial charge in [0.1, 0.15) is 5.75 Å². The number of carbonyl (C=O) groups is 1. The average Bonchev–Trinajstić information content (AvgIpc) is 2.29. The SMILES string of the molecule is CCCCO[C@H]1NC(=O)Oc2ccccc21. The Bertz CT molecular complexity index is 378. The fraction of sp³-hybridized carbons (Fsp3) is 0.417. The number of benzene rings is 1. The highest BCUT2D eigenvalue weighted by Crippen LogP contribution is 2.29. The molecule has 1 aliphatic rings. The summed E-state index contributed by atoms with van der Waals surface area (Å²) in [6.45, 7) is 2.73. The van der Waals surface area contributed by atoms with E-state index in [2.05, 4.69) is 12.2 Å². The Kier molecular flexibility index (Phi) is 3.41. The molecule has 1 atom stereocenters. The van der Waals surface area contributed by atoms with Gasteiger partial charge in [-0.05, 0) is 12.5 Å². The molecule has 0 fully saturated rings. The molecule has 1 heterocycles. The minimum atomic E-state index is -0.458. The molecule has 0 radical (unpaired) electrons. The number of unbranched alkanes of at least 4 members (excludes halogenated alkanes) is 1. The Morgan fingerprint density at radius 3 is 3.06 bits per heavy atom. The number of hydrogen-bond acceptors (Lipinski definition) is 3. The highest BCUT2D eigenvalue weighted by atomic mass is 16.6. The van der Waals surface area contributed by atoms with Crippen LogP contribution in [-0.2, 0) is 4.74 Å². The van der Waals surface area contributed by atoms with Crippen molar-refractivity contribution >= 4 is 6.09 Å². The van der Waals surface area contributed by atoms with Gasteiger partial charge in [-0.2, -0.15) is 0 Å². The standard InChI is InChI=1S/C12H15NO3/c1-2-3-8-15-11-9-6-4-5-7-10(9)16-12(14)13-11/h4-7,11H,2-3,8H2,1H3,(H,13,14)/t11-/m1/s1. The second-order valence-electron chi connectivity index (χ2n) is 3.68. The maximum Gasteiger partial charge on any atom is 0.414 e. The predicted octanol–water partition coefficient (Wildman–Crippen LogP) is 2.60. The Morgan fingerprint density at radius 2 is 2.25 bits per heavy atom. The summed E-state index contributed by atoms with van der Waals surface area (Å²) in [5, 5.41) is 2.65. The predicted molar refractivity (Wildman–Crippen MR) is 59.2 cm³/mol. The molecule has 2 rings (SSSR count). The molecule has 0 bridgehead atoms. The highest BCUT2D eigenvalue weighted by molar-refractivity contribution is 5.73. The maximum atomic E-state index is 11.3. The van der Waals surface area contributed by atoms with Gasteiger partial charge in [0.25, 0.3) is 0 Å². The van der Waals surface area contributed by atoms with E-state index in [9.17, 15) is 4.79 Å². The summed E-state index contributed by atoms with van der Waals surface area (Å²) < 4.78 is 10.6. The summed E-state index contributed by atoms with van der Waals surface area (Å²) in [7, 11) is 0. The summed E-state index contributed by atoms with van der Waals surface area (Å²) in [5.74, 6) is 0.577. The molecule has 4 nitrogen and oxygen atoms in total. The van der Waals surface area contributed by atoms with E-state index < -0.39 is 6.09 Å². The van der Waals surface area contributed by atoms with E-state index >= 15 is 0 Å². The number of rotatable bonds is 4. The number of nitrogens with one attached hydrogen (secondary N) is 1. The molecule has 1 aromatic rings. The second-order valence-corrected chi connectivity index (χ2v) is 3.68. The third kappa shape index (κ3) is 2.33. The Hall–Kier alpha value is -1.55. The maximum absolute atomic E-state index is 11.3. The first-order valence-corrected chi connectivity index (χ1v) is 5.50. The van der Waals surface area contributed by atoms with Gasteiger partial charge in [0.2, 0.25) is 0 Å². The lowest BCUT2D eigenvalue weighted by Crippen LogP contribution is -2.37. The Labute approximate surface area is 94.6 Å². The van der Waals surface area contributed by atoms with Gasteiger partial charge in [-0.25, -0.2) is 4.79 Å². The van der Waals surface area contributed by atoms with E-state index in [-0.39, 0.29) is 6.23 Å². The van der Waals surface area contributed by atoms with Crippen molar-refractivity contribution in [2.45, 2.75) is 26.0 Å². The van der Waals surface area contributed by atoms with Crippen molar-refractivity contribution in [3.8, 4) is 5.75 Å². The fourth-order valence-electron chi connectivity index (χ4n) is 1.58. The number of para-hydroxylation sites is 1. The molecule has 0 unspecified atom stereocenters. The van der Waals surface area contributed by atoms with E-state index in [0.717, 1.165) is 18.4 Å². The van der Waals surface area contributed by atoms with E-state index in [4.69, 9.17) is 9.47 Å². The number of carbonyl (C=O) groups excluding carboxylic acids is 1. The lowest BCUT2D eigenvalue weighted by atomic mass is 10.1. The minimum absolute atomic E-state index is 0.385. The Morgan fingerprint density at radius 1 is 1.44 bits per heavy atom. The van der Waals surface area contributed by atoms with Gasteiger partial charge in [-0.3, -0.25) is 5.32 Å². The molecule has 16 heavy (non-hydrogen) atoms. The van der Waals surface area contributed by atoms with Crippen LogP contribution in [0.25, 0.3) is 0 Å². The summed E-state index contributed by atoms with van der Waals surface area (Å²) >= 11 is 0. The van der Waals surface area contributed by atoms with Crippen molar-refractivity contribution in [3.05, 3.63) is 29.8 Å². The van der Waals surface area contributed by atoms with E-state index in [0.29, 0.717) is 12.4 Å². The third-order valence-electron chi connectivity index (χ3n) is 2.44. The lowest BCUT2D eigenvalue weighted by molar-refractivity contribution is 0.0209. The lowest BCUT2D eigenvalue weighted by Gasteiger charge is -2.25. The molecule has 0 aromatic heterocycles. The largest absolute Gasteiger partial charge is 0.414 e. The number of amides is 1. The minimum Gasteiger partial charge on any atom is -0.410 e. The zero-order chi connectivity index (χ0) is 11.4. The first-order valence-electron chi connectivity index (χ1n) is 5.50. The summed E-state index contributed by atoms with van der Waals surface area (Å²) in [6.07, 6.45) is 1.21. The van der Waals surface area contributed by atoms with Crippen LogP contribution in [0.5, 0.6) is 5.75 Å². The van der Waals surface area contributed by atoms with Crippen molar-refractivity contribution in [1.82, 2.24) is 5.32 Å². The molecular weight excluding hydrogens is 206 g/mol. The first kappa shape index (κ1) is 11.0. The molecule has 1 aromatic carbocycles.